The van der Waals surface area contributed by atoms with Crippen molar-refractivity contribution in [3.05, 3.63) is 65.5 Å². The maximum absolute atomic E-state index is 12.6. The summed E-state index contributed by atoms with van der Waals surface area (Å²) >= 11 is 1.15. The molecule has 0 fully saturated rings. The molecule has 7 nitrogen and oxygen atoms in total. The molecule has 0 saturated carbocycles. The van der Waals surface area contributed by atoms with Gasteiger partial charge in [0.25, 0.3) is 15.9 Å². The van der Waals surface area contributed by atoms with Crippen LogP contribution in [0.3, 0.4) is 0 Å². The average molecular weight is 433 g/mol. The van der Waals surface area contributed by atoms with E-state index < -0.39 is 10.0 Å². The molecule has 9 heteroatoms. The van der Waals surface area contributed by atoms with E-state index in [0.29, 0.717) is 28.4 Å². The number of anilines is 2. The van der Waals surface area contributed by atoms with Gasteiger partial charge < -0.3 is 14.8 Å². The predicted octanol–water partition coefficient (Wildman–Crippen LogP) is 3.84. The second-order valence-electron chi connectivity index (χ2n) is 5.97. The number of carbonyl (C=O) groups is 1. The second kappa shape index (κ2) is 8.54. The molecule has 0 spiro atoms. The average Bonchev–Trinajstić information content (AvgIpc) is 3.29. The van der Waals surface area contributed by atoms with Crippen LogP contribution in [0.15, 0.2) is 64.2 Å². The van der Waals surface area contributed by atoms with Crippen LogP contribution in [0.2, 0.25) is 0 Å². The van der Waals surface area contributed by atoms with Gasteiger partial charge in [-0.05, 0) is 47.8 Å². The van der Waals surface area contributed by atoms with Crippen molar-refractivity contribution >= 4 is 38.6 Å². The molecule has 3 rings (SSSR count). The molecule has 1 heterocycles. The quantitative estimate of drug-likeness (QED) is 0.613. The monoisotopic (exact) mass is 432 g/mol. The van der Waals surface area contributed by atoms with E-state index in [-0.39, 0.29) is 10.1 Å². The van der Waals surface area contributed by atoms with E-state index in [1.54, 1.807) is 67.1 Å². The van der Waals surface area contributed by atoms with Gasteiger partial charge in [0.2, 0.25) is 0 Å². The smallest absolute Gasteiger partial charge is 0.273 e. The van der Waals surface area contributed by atoms with E-state index in [9.17, 15) is 13.2 Å². The molecule has 0 radical (unpaired) electrons. The molecule has 0 atom stereocenters. The van der Waals surface area contributed by atoms with Crippen molar-refractivity contribution < 1.29 is 22.7 Å². The number of methoxy groups -OCH3 is 2. The Morgan fingerprint density at radius 2 is 1.76 bits per heavy atom. The summed E-state index contributed by atoms with van der Waals surface area (Å²) < 4.78 is 37.1. The van der Waals surface area contributed by atoms with E-state index in [1.807, 2.05) is 0 Å². The topological polar surface area (TPSA) is 84.9 Å². The van der Waals surface area contributed by atoms with Crippen LogP contribution >= 0.6 is 11.3 Å². The van der Waals surface area contributed by atoms with Gasteiger partial charge in [0.1, 0.15) is 15.7 Å². The number of amides is 1. The van der Waals surface area contributed by atoms with Gasteiger partial charge in [-0.1, -0.05) is 6.07 Å². The Kier molecular flexibility index (Phi) is 6.09. The van der Waals surface area contributed by atoms with Gasteiger partial charge in [0.05, 0.1) is 25.6 Å². The number of carbonyl (C=O) groups excluding carboxylic acids is 1. The summed E-state index contributed by atoms with van der Waals surface area (Å²) in [4.78, 5) is 12.6. The molecular weight excluding hydrogens is 412 g/mol. The largest absolute Gasteiger partial charge is 0.497 e. The van der Waals surface area contributed by atoms with E-state index >= 15 is 0 Å². The zero-order valence-electron chi connectivity index (χ0n) is 16.1. The molecule has 0 unspecified atom stereocenters. The van der Waals surface area contributed by atoms with Gasteiger partial charge in [-0.15, -0.1) is 11.3 Å². The lowest BCUT2D eigenvalue weighted by molar-refractivity contribution is 0.102. The molecule has 0 saturated heterocycles. The first-order valence-electron chi connectivity index (χ1n) is 8.52. The molecular formula is C20H20N2O5S2. The minimum absolute atomic E-state index is 0.258. The van der Waals surface area contributed by atoms with Crippen LogP contribution in [0.4, 0.5) is 11.4 Å². The summed E-state index contributed by atoms with van der Waals surface area (Å²) in [5.74, 6) is 0.735. The molecule has 29 heavy (non-hydrogen) atoms. The van der Waals surface area contributed by atoms with Gasteiger partial charge in [-0.3, -0.25) is 9.10 Å². The molecule has 0 aliphatic rings. The third kappa shape index (κ3) is 4.36. The van der Waals surface area contributed by atoms with Gasteiger partial charge >= 0.3 is 0 Å². The van der Waals surface area contributed by atoms with Crippen LogP contribution < -0.4 is 19.1 Å². The summed E-state index contributed by atoms with van der Waals surface area (Å²) in [5.41, 5.74) is 1.34. The van der Waals surface area contributed by atoms with Crippen LogP contribution in [0.1, 0.15) is 10.4 Å². The highest BCUT2D eigenvalue weighted by molar-refractivity contribution is 7.94. The molecule has 0 aliphatic carbocycles. The summed E-state index contributed by atoms with van der Waals surface area (Å²) in [6.07, 6.45) is 0. The number of hydrogen-bond donors (Lipinski definition) is 1. The maximum Gasteiger partial charge on any atom is 0.273 e. The number of ether oxygens (including phenoxy) is 2. The lowest BCUT2D eigenvalue weighted by atomic mass is 10.2. The molecule has 0 aliphatic heterocycles. The number of thiophene rings is 1. The van der Waals surface area contributed by atoms with Gasteiger partial charge in [-0.2, -0.15) is 0 Å². The van der Waals surface area contributed by atoms with E-state index in [2.05, 4.69) is 5.32 Å². The SMILES string of the molecule is COc1ccc(NC(=O)c2ccc(N(C)S(=O)(=O)c3cccs3)cc2)c(OC)c1. The second-order valence-corrected chi connectivity index (χ2v) is 9.12. The summed E-state index contributed by atoms with van der Waals surface area (Å²) in [7, 11) is 0.904. The van der Waals surface area contributed by atoms with Crippen molar-refractivity contribution in [3.63, 3.8) is 0 Å². The molecule has 1 aromatic heterocycles. The van der Waals surface area contributed by atoms with Crippen LogP contribution in [-0.4, -0.2) is 35.6 Å². The van der Waals surface area contributed by atoms with E-state index in [4.69, 9.17) is 9.47 Å². The fourth-order valence-corrected chi connectivity index (χ4v) is 4.96. The fraction of sp³-hybridized carbons (Fsp3) is 0.150. The normalized spacial score (nSPS) is 11.0. The molecule has 1 amide bonds. The van der Waals surface area contributed by atoms with Crippen molar-refractivity contribution in [3.8, 4) is 11.5 Å². The standard InChI is InChI=1S/C20H20N2O5S2/c1-22(29(24,25)19-5-4-12-28-19)15-8-6-14(7-9-15)20(23)21-17-11-10-16(26-2)13-18(17)27-3/h4-13H,1-3H3,(H,21,23). The van der Waals surface area contributed by atoms with Crippen molar-refractivity contribution in [2.45, 2.75) is 4.21 Å². The van der Waals surface area contributed by atoms with Gasteiger partial charge in [-0.25, -0.2) is 8.42 Å². The lowest BCUT2D eigenvalue weighted by Crippen LogP contribution is -2.25. The molecule has 3 aromatic rings. The maximum atomic E-state index is 12.6. The van der Waals surface area contributed by atoms with Crippen molar-refractivity contribution in [2.24, 2.45) is 0 Å². The van der Waals surface area contributed by atoms with Gasteiger partial charge in [0.15, 0.2) is 0 Å². The Balaban J connectivity index is 1.77. The van der Waals surface area contributed by atoms with Crippen LogP contribution in [-0.2, 0) is 10.0 Å². The number of rotatable bonds is 7. The Hall–Kier alpha value is -3.04. The minimum atomic E-state index is -3.62. The van der Waals surface area contributed by atoms with Crippen molar-refractivity contribution in [1.29, 1.82) is 0 Å². The Labute approximate surface area is 173 Å². The summed E-state index contributed by atoms with van der Waals surface area (Å²) in [5, 5.41) is 4.49. The number of sulfonamides is 1. The summed E-state index contributed by atoms with van der Waals surface area (Å²) in [6, 6.07) is 14.6. The Morgan fingerprint density at radius 3 is 2.34 bits per heavy atom. The highest BCUT2D eigenvalue weighted by atomic mass is 32.2. The first-order chi connectivity index (χ1) is 13.9. The Bertz CT molecular complexity index is 1090. The number of benzene rings is 2. The van der Waals surface area contributed by atoms with Gasteiger partial charge in [0, 0.05) is 18.7 Å². The minimum Gasteiger partial charge on any atom is -0.497 e. The summed E-state index contributed by atoms with van der Waals surface area (Å²) in [6.45, 7) is 0. The Morgan fingerprint density at radius 1 is 1.03 bits per heavy atom. The van der Waals surface area contributed by atoms with E-state index in [1.165, 1.54) is 18.5 Å². The first kappa shape index (κ1) is 20.7. The number of nitrogens with one attached hydrogen (secondary N) is 1. The predicted molar refractivity (Wildman–Crippen MR) is 114 cm³/mol. The molecule has 1 N–H and O–H groups in total. The van der Waals surface area contributed by atoms with Crippen LogP contribution in [0.5, 0.6) is 11.5 Å². The third-order valence-electron chi connectivity index (χ3n) is 4.26. The van der Waals surface area contributed by atoms with Crippen LogP contribution in [0, 0.1) is 0 Å². The van der Waals surface area contributed by atoms with Crippen LogP contribution in [0.25, 0.3) is 0 Å². The molecule has 2 aromatic carbocycles. The van der Waals surface area contributed by atoms with Crippen molar-refractivity contribution in [2.75, 3.05) is 30.9 Å². The highest BCUT2D eigenvalue weighted by Crippen LogP contribution is 2.30. The third-order valence-corrected chi connectivity index (χ3v) is 7.42. The zero-order valence-corrected chi connectivity index (χ0v) is 17.7. The first-order valence-corrected chi connectivity index (χ1v) is 10.8. The number of hydrogen-bond acceptors (Lipinski definition) is 6. The highest BCUT2D eigenvalue weighted by Gasteiger charge is 2.22. The van der Waals surface area contributed by atoms with E-state index in [0.717, 1.165) is 11.3 Å². The number of nitrogens with zero attached hydrogens (tertiary/aromatic N) is 1. The molecule has 152 valence electrons. The van der Waals surface area contributed by atoms with Crippen molar-refractivity contribution in [1.82, 2.24) is 0 Å². The zero-order chi connectivity index (χ0) is 21.0. The molecule has 0 bridgehead atoms. The lowest BCUT2D eigenvalue weighted by Gasteiger charge is -2.18. The fourth-order valence-electron chi connectivity index (χ4n) is 2.60.